The van der Waals surface area contributed by atoms with Crippen molar-refractivity contribution in [1.29, 1.82) is 0 Å². The van der Waals surface area contributed by atoms with Crippen LogP contribution in [0.3, 0.4) is 0 Å². The topological polar surface area (TPSA) is 224 Å². The number of halogens is 4. The summed E-state index contributed by atoms with van der Waals surface area (Å²) in [6.07, 6.45) is 0. The molecule has 0 aliphatic rings. The molecule has 0 amide bonds. The first-order chi connectivity index (χ1) is 18.9. The van der Waals surface area contributed by atoms with Crippen LogP contribution in [0.5, 0.6) is 0 Å². The van der Waals surface area contributed by atoms with Gasteiger partial charge in [0.05, 0.1) is 23.9 Å². The molecule has 4 N–H and O–H groups in total. The van der Waals surface area contributed by atoms with E-state index in [-0.39, 0.29) is 87.4 Å². The molecule has 10 nitrogen and oxygen atoms in total. The van der Waals surface area contributed by atoms with Crippen molar-refractivity contribution in [2.45, 2.75) is 0 Å². The van der Waals surface area contributed by atoms with Crippen LogP contribution in [0.25, 0.3) is 0 Å². The third-order valence-corrected chi connectivity index (χ3v) is 5.69. The van der Waals surface area contributed by atoms with Crippen molar-refractivity contribution in [1.82, 2.24) is 0 Å². The van der Waals surface area contributed by atoms with Gasteiger partial charge in [-0.15, -0.1) is 0 Å². The fourth-order valence-corrected chi connectivity index (χ4v) is 3.36. The number of hydrogen-bond acceptors (Lipinski definition) is 8. The van der Waals surface area contributed by atoms with Crippen LogP contribution in [0.2, 0.25) is 20.1 Å². The van der Waals surface area contributed by atoms with Crippen molar-refractivity contribution in [2.75, 3.05) is 0 Å². The van der Waals surface area contributed by atoms with Crippen molar-refractivity contribution in [3.8, 4) is 0 Å². The molecule has 0 heterocycles. The Kier molecular flexibility index (Phi) is 27.4. The fourth-order valence-electron chi connectivity index (χ4n) is 2.51. The largest absolute Gasteiger partial charge is 2.00 e. The van der Waals surface area contributed by atoms with Gasteiger partial charge in [0, 0.05) is 42.3 Å². The van der Waals surface area contributed by atoms with Crippen LogP contribution >= 0.6 is 46.4 Å². The van der Waals surface area contributed by atoms with Gasteiger partial charge in [-0.1, -0.05) is 119 Å². The van der Waals surface area contributed by atoms with Crippen LogP contribution in [0.1, 0.15) is 41.4 Å². The molecule has 4 aromatic carbocycles. The second-order valence-corrected chi connectivity index (χ2v) is 8.70. The van der Waals surface area contributed by atoms with Gasteiger partial charge in [-0.2, -0.15) is 0 Å². The molecule has 0 saturated heterocycles. The van der Waals surface area contributed by atoms with Crippen LogP contribution in [0.4, 0.5) is 0 Å². The maximum atomic E-state index is 10.2. The van der Waals surface area contributed by atoms with Crippen LogP contribution in [0, 0.1) is 0 Å². The fraction of sp³-hybridized carbons (Fsp3) is 0. The Bertz CT molecular complexity index is 1270. The number of rotatable bonds is 4. The number of carbonyl (C=O) groups is 4. The summed E-state index contributed by atoms with van der Waals surface area (Å²) < 4.78 is 0. The van der Waals surface area contributed by atoms with Crippen molar-refractivity contribution in [2.24, 2.45) is 0 Å². The summed E-state index contributed by atoms with van der Waals surface area (Å²) in [7, 11) is 0. The normalized spacial score (nSPS) is 8.45. The summed E-state index contributed by atoms with van der Waals surface area (Å²) in [4.78, 5) is 40.9. The minimum atomic E-state index is -1.24. The third kappa shape index (κ3) is 17.2. The molecule has 0 saturated carbocycles. The molecule has 0 fully saturated rings. The third-order valence-electron chi connectivity index (χ3n) is 4.38. The van der Waals surface area contributed by atoms with Crippen LogP contribution < -0.4 is 20.4 Å². The maximum Gasteiger partial charge on any atom is 2.00 e. The molecule has 242 valence electrons. The summed E-state index contributed by atoms with van der Waals surface area (Å²) >= 11 is 22.0. The van der Waals surface area contributed by atoms with Gasteiger partial charge in [0.1, 0.15) is 0 Å². The molecule has 0 spiro atoms. The van der Waals surface area contributed by atoms with E-state index in [2.05, 4.69) is 0 Å². The van der Waals surface area contributed by atoms with Gasteiger partial charge in [-0.25, -0.2) is 0 Å². The molecular formula is C28H20Cl4Cu2O10. The van der Waals surface area contributed by atoms with Gasteiger partial charge < -0.3 is 50.6 Å². The van der Waals surface area contributed by atoms with Gasteiger partial charge in [0.15, 0.2) is 0 Å². The average molecular weight is 785 g/mol. The van der Waals surface area contributed by atoms with Crippen LogP contribution in [0.15, 0.2) is 97.1 Å². The van der Waals surface area contributed by atoms with E-state index >= 15 is 0 Å². The molecule has 4 rings (SSSR count). The second kappa shape index (κ2) is 25.2. The van der Waals surface area contributed by atoms with Crippen molar-refractivity contribution in [3.05, 3.63) is 139 Å². The summed E-state index contributed by atoms with van der Waals surface area (Å²) in [6.45, 7) is 0. The minimum absolute atomic E-state index is 0. The van der Waals surface area contributed by atoms with E-state index in [0.29, 0.717) is 0 Å². The molecule has 0 bridgehead atoms. The number of benzene rings is 4. The van der Waals surface area contributed by atoms with Gasteiger partial charge >= 0.3 is 34.1 Å². The molecule has 2 radical (unpaired) electrons. The van der Waals surface area contributed by atoms with E-state index in [9.17, 15) is 39.6 Å². The summed E-state index contributed by atoms with van der Waals surface area (Å²) in [5.41, 5.74) is 0.127. The zero-order chi connectivity index (χ0) is 30.2. The first kappa shape index (κ1) is 47.8. The quantitative estimate of drug-likeness (QED) is 0.273. The molecule has 0 atom stereocenters. The molecule has 4 aromatic rings. The van der Waals surface area contributed by atoms with Crippen LogP contribution in [-0.2, 0) is 34.1 Å². The molecule has 0 aromatic heterocycles. The van der Waals surface area contributed by atoms with E-state index in [4.69, 9.17) is 46.4 Å². The first-order valence-corrected chi connectivity index (χ1v) is 12.2. The van der Waals surface area contributed by atoms with Gasteiger partial charge in [0.2, 0.25) is 0 Å². The van der Waals surface area contributed by atoms with E-state index < -0.39 is 23.9 Å². The SMILES string of the molecule is O.O.O=C([O-])c1ccccc1Cl.O=C([O-])c1ccccc1Cl.O=C([O-])c1ccccc1Cl.O=C([O-])c1ccccc1Cl.[Cu+2].[Cu+2]. The number of carboxylic acid groups (broad SMARTS) is 4. The molecular weight excluding hydrogens is 765 g/mol. The second-order valence-electron chi connectivity index (χ2n) is 7.07. The predicted molar refractivity (Wildman–Crippen MR) is 150 cm³/mol. The van der Waals surface area contributed by atoms with Gasteiger partial charge in [0.25, 0.3) is 0 Å². The Hall–Kier alpha value is -3.12. The zero-order valence-electron chi connectivity index (χ0n) is 21.6. The smallest absolute Gasteiger partial charge is 0.545 e. The van der Waals surface area contributed by atoms with Crippen molar-refractivity contribution < 1.29 is 84.7 Å². The summed E-state index contributed by atoms with van der Waals surface area (Å²) in [6, 6.07) is 24.7. The Labute approximate surface area is 292 Å². The van der Waals surface area contributed by atoms with Crippen molar-refractivity contribution in [3.63, 3.8) is 0 Å². The summed E-state index contributed by atoms with van der Waals surface area (Å²) in [5, 5.41) is 41.7. The Morgan fingerprint density at radius 1 is 0.364 bits per heavy atom. The zero-order valence-corrected chi connectivity index (χ0v) is 26.5. The van der Waals surface area contributed by atoms with E-state index in [1.54, 1.807) is 48.5 Å². The van der Waals surface area contributed by atoms with Crippen LogP contribution in [-0.4, -0.2) is 34.8 Å². The Morgan fingerprint density at radius 2 is 0.500 bits per heavy atom. The number of carbonyl (C=O) groups excluding carboxylic acids is 4. The molecule has 0 unspecified atom stereocenters. The van der Waals surface area contributed by atoms with E-state index in [1.807, 2.05) is 0 Å². The number of aromatic carboxylic acids is 4. The number of hydrogen-bond donors (Lipinski definition) is 0. The molecule has 0 aliphatic heterocycles. The number of carboxylic acids is 4. The Balaban J connectivity index is -0.000000235. The average Bonchev–Trinajstić information content (AvgIpc) is 2.90. The molecule has 16 heteroatoms. The minimum Gasteiger partial charge on any atom is -0.545 e. The van der Waals surface area contributed by atoms with Gasteiger partial charge in [-0.05, 0) is 24.3 Å². The van der Waals surface area contributed by atoms with E-state index in [0.717, 1.165) is 0 Å². The maximum absolute atomic E-state index is 10.2. The first-order valence-electron chi connectivity index (χ1n) is 10.7. The molecule has 44 heavy (non-hydrogen) atoms. The van der Waals surface area contributed by atoms with Gasteiger partial charge in [-0.3, -0.25) is 0 Å². The summed E-state index contributed by atoms with van der Waals surface area (Å²) in [5.74, 6) is -4.98. The predicted octanol–water partition coefficient (Wildman–Crippen LogP) is 1.16. The Morgan fingerprint density at radius 3 is 0.591 bits per heavy atom. The monoisotopic (exact) mass is 782 g/mol. The standard InChI is InChI=1S/4C7H5ClO2.2Cu.2H2O/c4*8-6-4-2-1-3-5(6)7(9)10;;;;/h4*1-4H,(H,9,10);;;2*1H2/q;;;;2*+2;;/p-4. The molecule has 0 aliphatic carbocycles. The van der Waals surface area contributed by atoms with Crippen molar-refractivity contribution >= 4 is 70.3 Å². The van der Waals surface area contributed by atoms with E-state index in [1.165, 1.54) is 48.5 Å².